The molecule has 17 heavy (non-hydrogen) atoms. The molecule has 0 radical (unpaired) electrons. The summed E-state index contributed by atoms with van der Waals surface area (Å²) in [4.78, 5) is 0. The molecule has 0 bridgehead atoms. The van der Waals surface area contributed by atoms with Gasteiger partial charge in [-0.25, -0.2) is 4.39 Å². The van der Waals surface area contributed by atoms with Crippen molar-refractivity contribution in [1.29, 1.82) is 0 Å². The van der Waals surface area contributed by atoms with Crippen LogP contribution < -0.4 is 5.73 Å². The van der Waals surface area contributed by atoms with Gasteiger partial charge in [-0.15, -0.1) is 0 Å². The highest BCUT2D eigenvalue weighted by Gasteiger charge is 2.20. The first-order chi connectivity index (χ1) is 7.84. The van der Waals surface area contributed by atoms with E-state index in [1.165, 1.54) is 6.07 Å². The van der Waals surface area contributed by atoms with Crippen LogP contribution in [-0.2, 0) is 11.2 Å². The third-order valence-electron chi connectivity index (χ3n) is 2.79. The van der Waals surface area contributed by atoms with Gasteiger partial charge in [0.25, 0.3) is 0 Å². The second-order valence-corrected chi connectivity index (χ2v) is 5.73. The summed E-state index contributed by atoms with van der Waals surface area (Å²) in [6.07, 6.45) is 1.48. The van der Waals surface area contributed by atoms with Crippen LogP contribution in [0.15, 0.2) is 22.7 Å². The molecule has 1 atom stereocenters. The Hall–Kier alpha value is -0.450. The highest BCUT2D eigenvalue weighted by Crippen LogP contribution is 2.20. The van der Waals surface area contributed by atoms with E-state index >= 15 is 0 Å². The van der Waals surface area contributed by atoms with Crippen LogP contribution in [0.25, 0.3) is 0 Å². The van der Waals surface area contributed by atoms with Crippen molar-refractivity contribution in [3.63, 3.8) is 0 Å². The molecule has 2 N–H and O–H groups in total. The lowest BCUT2D eigenvalue weighted by Gasteiger charge is -2.26. The molecule has 96 valence electrons. The lowest BCUT2D eigenvalue weighted by molar-refractivity contribution is 0.0102. The largest absolute Gasteiger partial charge is 0.379 e. The topological polar surface area (TPSA) is 35.2 Å². The average Bonchev–Trinajstić information content (AvgIpc) is 2.23. The molecule has 0 aromatic heterocycles. The summed E-state index contributed by atoms with van der Waals surface area (Å²) >= 11 is 3.17. The molecule has 4 heteroatoms. The van der Waals surface area contributed by atoms with Crippen molar-refractivity contribution >= 4 is 15.9 Å². The number of halogens is 2. The summed E-state index contributed by atoms with van der Waals surface area (Å²) in [6.45, 7) is 4.01. The van der Waals surface area contributed by atoms with Crippen molar-refractivity contribution in [3.05, 3.63) is 34.1 Å². The van der Waals surface area contributed by atoms with Gasteiger partial charge in [0, 0.05) is 13.2 Å². The monoisotopic (exact) mass is 303 g/mol. The van der Waals surface area contributed by atoms with Crippen LogP contribution in [0.1, 0.15) is 25.8 Å². The Kier molecular flexibility index (Phi) is 5.10. The summed E-state index contributed by atoms with van der Waals surface area (Å²) in [5.74, 6) is -0.250. The van der Waals surface area contributed by atoms with Crippen LogP contribution in [0.4, 0.5) is 4.39 Å². The van der Waals surface area contributed by atoms with E-state index in [4.69, 9.17) is 10.5 Å². The minimum Gasteiger partial charge on any atom is -0.379 e. The zero-order valence-electron chi connectivity index (χ0n) is 10.5. The molecule has 0 saturated heterocycles. The van der Waals surface area contributed by atoms with E-state index in [9.17, 15) is 4.39 Å². The second kappa shape index (κ2) is 5.94. The molecular formula is C13H19BrFNO. The number of hydrogen-bond acceptors (Lipinski definition) is 2. The molecule has 0 aliphatic carbocycles. The van der Waals surface area contributed by atoms with Crippen molar-refractivity contribution in [2.75, 3.05) is 7.11 Å². The first-order valence-electron chi connectivity index (χ1n) is 5.59. The molecule has 0 aliphatic heterocycles. The Bertz CT molecular complexity index is 382. The van der Waals surface area contributed by atoms with Crippen molar-refractivity contribution < 1.29 is 9.13 Å². The Balaban J connectivity index is 2.62. The van der Waals surface area contributed by atoms with Gasteiger partial charge in [0.1, 0.15) is 5.82 Å². The maximum atomic E-state index is 13.1. The summed E-state index contributed by atoms with van der Waals surface area (Å²) < 4.78 is 18.9. The first kappa shape index (κ1) is 14.6. The fourth-order valence-electron chi connectivity index (χ4n) is 1.76. The number of methoxy groups -OCH3 is 1. The maximum Gasteiger partial charge on any atom is 0.137 e. The number of hydrogen-bond donors (Lipinski definition) is 1. The molecule has 0 aliphatic rings. The average molecular weight is 304 g/mol. The van der Waals surface area contributed by atoms with E-state index in [0.29, 0.717) is 10.9 Å². The predicted octanol–water partition coefficient (Wildman–Crippen LogP) is 3.27. The second-order valence-electron chi connectivity index (χ2n) is 4.88. The number of rotatable bonds is 5. The number of benzene rings is 1. The van der Waals surface area contributed by atoms with Crippen LogP contribution in [-0.4, -0.2) is 18.8 Å². The van der Waals surface area contributed by atoms with Crippen LogP contribution in [0.2, 0.25) is 0 Å². The zero-order valence-corrected chi connectivity index (χ0v) is 12.1. The van der Waals surface area contributed by atoms with Crippen molar-refractivity contribution in [3.8, 4) is 0 Å². The van der Waals surface area contributed by atoms with E-state index < -0.39 is 0 Å². The fraction of sp³-hybridized carbons (Fsp3) is 0.538. The number of nitrogens with two attached hydrogens (primary N) is 1. The first-order valence-corrected chi connectivity index (χ1v) is 6.38. The Labute approximate surface area is 110 Å². The minimum absolute atomic E-state index is 0.00214. The zero-order chi connectivity index (χ0) is 13.1. The van der Waals surface area contributed by atoms with E-state index in [1.54, 1.807) is 19.2 Å². The molecule has 2 nitrogen and oxygen atoms in total. The molecule has 0 amide bonds. The smallest absolute Gasteiger partial charge is 0.137 e. The standard InChI is InChI=1S/C13H19BrFNO/c1-13(2,17-3)8-10(16)6-9-4-5-12(15)11(14)7-9/h4-5,7,10H,6,8,16H2,1-3H3. The van der Waals surface area contributed by atoms with Gasteiger partial charge in [-0.05, 0) is 60.3 Å². The molecule has 1 rings (SSSR count). The van der Waals surface area contributed by atoms with Crippen LogP contribution in [0.3, 0.4) is 0 Å². The summed E-state index contributed by atoms with van der Waals surface area (Å²) in [6, 6.07) is 4.99. The molecule has 1 aromatic carbocycles. The predicted molar refractivity (Wildman–Crippen MR) is 71.5 cm³/mol. The quantitative estimate of drug-likeness (QED) is 0.906. The molecule has 1 unspecified atom stereocenters. The van der Waals surface area contributed by atoms with E-state index in [-0.39, 0.29) is 17.5 Å². The molecule has 0 heterocycles. The van der Waals surface area contributed by atoms with E-state index in [0.717, 1.165) is 12.0 Å². The van der Waals surface area contributed by atoms with Gasteiger partial charge in [-0.1, -0.05) is 6.07 Å². The summed E-state index contributed by atoms with van der Waals surface area (Å²) in [5, 5.41) is 0. The van der Waals surface area contributed by atoms with Gasteiger partial charge in [0.15, 0.2) is 0 Å². The Morgan fingerprint density at radius 1 is 1.47 bits per heavy atom. The molecule has 0 spiro atoms. The van der Waals surface area contributed by atoms with Gasteiger partial charge in [0.2, 0.25) is 0 Å². The van der Waals surface area contributed by atoms with Gasteiger partial charge < -0.3 is 10.5 Å². The summed E-state index contributed by atoms with van der Waals surface area (Å²) in [7, 11) is 1.68. The molecule has 0 saturated carbocycles. The van der Waals surface area contributed by atoms with Crippen LogP contribution in [0.5, 0.6) is 0 Å². The number of ether oxygens (including phenoxy) is 1. The molecular weight excluding hydrogens is 285 g/mol. The van der Waals surface area contributed by atoms with Gasteiger partial charge >= 0.3 is 0 Å². The van der Waals surface area contributed by atoms with Crippen LogP contribution >= 0.6 is 15.9 Å². The molecule has 1 aromatic rings. The lowest BCUT2D eigenvalue weighted by atomic mass is 9.95. The van der Waals surface area contributed by atoms with Crippen LogP contribution in [0, 0.1) is 5.82 Å². The normalized spacial score (nSPS) is 13.8. The fourth-order valence-corrected chi connectivity index (χ4v) is 2.18. The highest BCUT2D eigenvalue weighted by atomic mass is 79.9. The molecule has 0 fully saturated rings. The van der Waals surface area contributed by atoms with Gasteiger partial charge in [-0.2, -0.15) is 0 Å². The third kappa shape index (κ3) is 4.74. The van der Waals surface area contributed by atoms with E-state index in [2.05, 4.69) is 15.9 Å². The highest BCUT2D eigenvalue weighted by molar-refractivity contribution is 9.10. The van der Waals surface area contributed by atoms with Crippen molar-refractivity contribution in [2.45, 2.75) is 38.3 Å². The minimum atomic E-state index is -0.250. The lowest BCUT2D eigenvalue weighted by Crippen LogP contribution is -2.35. The third-order valence-corrected chi connectivity index (χ3v) is 3.40. The van der Waals surface area contributed by atoms with Gasteiger partial charge in [-0.3, -0.25) is 0 Å². The maximum absolute atomic E-state index is 13.1. The van der Waals surface area contributed by atoms with Crippen molar-refractivity contribution in [1.82, 2.24) is 0 Å². The van der Waals surface area contributed by atoms with E-state index in [1.807, 2.05) is 13.8 Å². The Morgan fingerprint density at radius 3 is 2.65 bits per heavy atom. The van der Waals surface area contributed by atoms with Crippen molar-refractivity contribution in [2.24, 2.45) is 5.73 Å². The summed E-state index contributed by atoms with van der Waals surface area (Å²) in [5.41, 5.74) is 6.87. The SMILES string of the molecule is COC(C)(C)CC(N)Cc1ccc(F)c(Br)c1. The Morgan fingerprint density at radius 2 is 2.12 bits per heavy atom. The van der Waals surface area contributed by atoms with Gasteiger partial charge in [0.05, 0.1) is 10.1 Å².